The summed E-state index contributed by atoms with van der Waals surface area (Å²) in [5, 5.41) is 2.67. The molecule has 0 unspecified atom stereocenters. The van der Waals surface area contributed by atoms with Crippen LogP contribution in [-0.2, 0) is 10.0 Å². The summed E-state index contributed by atoms with van der Waals surface area (Å²) in [5.41, 5.74) is 0.479. The van der Waals surface area contributed by atoms with Gasteiger partial charge in [0.05, 0.1) is 12.9 Å². The van der Waals surface area contributed by atoms with Crippen molar-refractivity contribution < 1.29 is 17.9 Å². The molecule has 142 valence electrons. The lowest BCUT2D eigenvalue weighted by atomic mass is 10.2. The summed E-state index contributed by atoms with van der Waals surface area (Å²) in [5.74, 6) is 0.302. The molecular weight excluding hydrogens is 340 g/mol. The average molecular weight is 371 g/mol. The molecule has 1 amide bonds. The molecule has 0 bridgehead atoms. The summed E-state index contributed by atoms with van der Waals surface area (Å²) in [4.78, 5) is 12.1. The highest BCUT2D eigenvalue weighted by atomic mass is 32.2. The van der Waals surface area contributed by atoms with E-state index in [1.165, 1.54) is 0 Å². The molecule has 1 aromatic rings. The van der Waals surface area contributed by atoms with Gasteiger partial charge in [-0.3, -0.25) is 4.79 Å². The maximum absolute atomic E-state index is 12.5. The van der Waals surface area contributed by atoms with Crippen molar-refractivity contribution in [3.63, 3.8) is 0 Å². The van der Waals surface area contributed by atoms with Gasteiger partial charge in [0, 0.05) is 25.2 Å². The van der Waals surface area contributed by atoms with Gasteiger partial charge < -0.3 is 10.1 Å². The number of carbonyl (C=O) groups excluding carboxylic acids is 1. The lowest BCUT2D eigenvalue weighted by Crippen LogP contribution is -2.38. The zero-order valence-corrected chi connectivity index (χ0v) is 16.3. The molecular formula is C18H30N2O4S. The number of methoxy groups -OCH3 is 1. The van der Waals surface area contributed by atoms with Crippen LogP contribution in [0, 0.1) is 0 Å². The smallest absolute Gasteiger partial charge is 0.251 e. The van der Waals surface area contributed by atoms with Crippen molar-refractivity contribution >= 4 is 15.9 Å². The van der Waals surface area contributed by atoms with E-state index in [2.05, 4.69) is 5.32 Å². The molecule has 7 heteroatoms. The van der Waals surface area contributed by atoms with E-state index in [-0.39, 0.29) is 18.2 Å². The zero-order valence-electron chi connectivity index (χ0n) is 15.5. The molecule has 0 saturated heterocycles. The molecule has 0 heterocycles. The van der Waals surface area contributed by atoms with Crippen LogP contribution in [0.25, 0.3) is 0 Å². The number of unbranched alkanes of at least 4 members (excludes halogenated alkanes) is 2. The number of hydrogen-bond donors (Lipinski definition) is 1. The molecule has 1 rings (SSSR count). The molecule has 1 aromatic carbocycles. The van der Waals surface area contributed by atoms with Crippen LogP contribution in [0.4, 0.5) is 0 Å². The van der Waals surface area contributed by atoms with Crippen molar-refractivity contribution in [2.75, 3.05) is 32.5 Å². The van der Waals surface area contributed by atoms with Crippen LogP contribution in [0.2, 0.25) is 0 Å². The molecule has 6 nitrogen and oxygen atoms in total. The molecule has 0 aliphatic carbocycles. The quantitative estimate of drug-likeness (QED) is 0.614. The van der Waals surface area contributed by atoms with E-state index < -0.39 is 10.0 Å². The fourth-order valence-corrected chi connectivity index (χ4v) is 3.76. The highest BCUT2D eigenvalue weighted by Gasteiger charge is 2.21. The fraction of sp³-hybridized carbons (Fsp3) is 0.611. The van der Waals surface area contributed by atoms with E-state index in [4.69, 9.17) is 4.74 Å². The van der Waals surface area contributed by atoms with E-state index in [9.17, 15) is 13.2 Å². The average Bonchev–Trinajstić information content (AvgIpc) is 2.61. The largest absolute Gasteiger partial charge is 0.497 e. The first-order valence-corrected chi connectivity index (χ1v) is 10.5. The summed E-state index contributed by atoms with van der Waals surface area (Å²) in [6.45, 7) is 5.28. The number of nitrogens with zero attached hydrogens (tertiary/aromatic N) is 1. The molecule has 1 N–H and O–H groups in total. The van der Waals surface area contributed by atoms with Crippen molar-refractivity contribution in [2.45, 2.75) is 39.5 Å². The van der Waals surface area contributed by atoms with Gasteiger partial charge in [-0.05, 0) is 37.1 Å². The molecule has 25 heavy (non-hydrogen) atoms. The maximum atomic E-state index is 12.5. The number of benzene rings is 1. The third-order valence-electron chi connectivity index (χ3n) is 3.91. The van der Waals surface area contributed by atoms with Crippen molar-refractivity contribution in [1.82, 2.24) is 9.62 Å². The van der Waals surface area contributed by atoms with Gasteiger partial charge >= 0.3 is 0 Å². The Kier molecular flexibility index (Phi) is 9.52. The van der Waals surface area contributed by atoms with E-state index in [0.29, 0.717) is 24.4 Å². The van der Waals surface area contributed by atoms with Crippen LogP contribution >= 0.6 is 0 Å². The normalized spacial score (nSPS) is 11.5. The molecule has 0 saturated carbocycles. The second-order valence-electron chi connectivity index (χ2n) is 5.91. The first kappa shape index (κ1) is 21.4. The molecule has 0 fully saturated rings. The minimum absolute atomic E-state index is 0.0810. The maximum Gasteiger partial charge on any atom is 0.251 e. The van der Waals surface area contributed by atoms with E-state index >= 15 is 0 Å². The Labute approximate surface area is 151 Å². The second-order valence-corrected chi connectivity index (χ2v) is 8.00. The Balaban J connectivity index is 2.56. The van der Waals surface area contributed by atoms with Gasteiger partial charge in [0.25, 0.3) is 5.91 Å². The predicted octanol–water partition coefficient (Wildman–Crippen LogP) is 2.66. The van der Waals surface area contributed by atoms with Crippen LogP contribution in [0.1, 0.15) is 49.9 Å². The third kappa shape index (κ3) is 7.44. The molecule has 0 aliphatic rings. The summed E-state index contributed by atoms with van der Waals surface area (Å²) < 4.78 is 31.6. The number of hydrogen-bond acceptors (Lipinski definition) is 4. The predicted molar refractivity (Wildman–Crippen MR) is 101 cm³/mol. The Hall–Kier alpha value is -1.60. The monoisotopic (exact) mass is 370 g/mol. The van der Waals surface area contributed by atoms with Gasteiger partial charge in [-0.2, -0.15) is 0 Å². The fourth-order valence-electron chi connectivity index (χ4n) is 2.33. The van der Waals surface area contributed by atoms with Gasteiger partial charge in [-0.25, -0.2) is 12.7 Å². The van der Waals surface area contributed by atoms with Crippen LogP contribution in [-0.4, -0.2) is 51.1 Å². The summed E-state index contributed by atoms with van der Waals surface area (Å²) in [6.07, 6.45) is 3.60. The van der Waals surface area contributed by atoms with Gasteiger partial charge in [0.2, 0.25) is 10.0 Å². The second kappa shape index (κ2) is 11.1. The van der Waals surface area contributed by atoms with Crippen molar-refractivity contribution in [3.05, 3.63) is 29.8 Å². The first-order valence-electron chi connectivity index (χ1n) is 8.84. The summed E-state index contributed by atoms with van der Waals surface area (Å²) >= 11 is 0. The van der Waals surface area contributed by atoms with E-state index in [1.807, 2.05) is 13.8 Å². The van der Waals surface area contributed by atoms with Crippen LogP contribution in [0.5, 0.6) is 5.75 Å². The van der Waals surface area contributed by atoms with E-state index in [0.717, 1.165) is 25.7 Å². The summed E-state index contributed by atoms with van der Waals surface area (Å²) in [6, 6.07) is 6.70. The third-order valence-corrected chi connectivity index (χ3v) is 5.79. The minimum Gasteiger partial charge on any atom is -0.497 e. The molecule has 0 atom stereocenters. The topological polar surface area (TPSA) is 75.7 Å². The first-order chi connectivity index (χ1) is 11.9. The van der Waals surface area contributed by atoms with Crippen molar-refractivity contribution in [1.29, 1.82) is 0 Å². The van der Waals surface area contributed by atoms with Gasteiger partial charge in [0.15, 0.2) is 0 Å². The number of ether oxygens (including phenoxy) is 1. The van der Waals surface area contributed by atoms with Crippen molar-refractivity contribution in [2.24, 2.45) is 0 Å². The Morgan fingerprint density at radius 1 is 1.08 bits per heavy atom. The SMILES string of the molecule is CCCCN(CCCC)S(=O)(=O)CCNC(=O)c1ccc(OC)cc1. The standard InChI is InChI=1S/C18H30N2O4S/c1-4-6-13-20(14-7-5-2)25(22,23)15-12-19-18(21)16-8-10-17(24-3)11-9-16/h8-11H,4-7,12-15H2,1-3H3,(H,19,21). The van der Waals surface area contributed by atoms with Crippen molar-refractivity contribution in [3.8, 4) is 5.75 Å². The molecule has 0 aliphatic heterocycles. The van der Waals surface area contributed by atoms with Gasteiger partial charge in [0.1, 0.15) is 5.75 Å². The zero-order chi connectivity index (χ0) is 18.7. The number of amides is 1. The van der Waals surface area contributed by atoms with Crippen LogP contribution < -0.4 is 10.1 Å². The van der Waals surface area contributed by atoms with Gasteiger partial charge in [-0.15, -0.1) is 0 Å². The van der Waals surface area contributed by atoms with Crippen LogP contribution in [0.3, 0.4) is 0 Å². The number of nitrogens with one attached hydrogen (secondary N) is 1. The molecule has 0 aromatic heterocycles. The Bertz CT molecular complexity index is 606. The minimum atomic E-state index is -3.36. The van der Waals surface area contributed by atoms with Gasteiger partial charge in [-0.1, -0.05) is 26.7 Å². The van der Waals surface area contributed by atoms with E-state index in [1.54, 1.807) is 35.7 Å². The van der Waals surface area contributed by atoms with Crippen LogP contribution in [0.15, 0.2) is 24.3 Å². The highest BCUT2D eigenvalue weighted by molar-refractivity contribution is 7.89. The number of sulfonamides is 1. The molecule has 0 spiro atoms. The number of carbonyl (C=O) groups is 1. The molecule has 0 radical (unpaired) electrons. The lowest BCUT2D eigenvalue weighted by molar-refractivity contribution is 0.0956. The Morgan fingerprint density at radius 3 is 2.12 bits per heavy atom. The lowest BCUT2D eigenvalue weighted by Gasteiger charge is -2.22. The summed E-state index contributed by atoms with van der Waals surface area (Å²) in [7, 11) is -1.80. The number of rotatable bonds is 12. The highest BCUT2D eigenvalue weighted by Crippen LogP contribution is 2.11. The Morgan fingerprint density at radius 2 is 1.64 bits per heavy atom.